The predicted octanol–water partition coefficient (Wildman–Crippen LogP) is 1.63. The third kappa shape index (κ3) is 2.95. The molecule has 0 unspecified atom stereocenters. The van der Waals surface area contributed by atoms with Gasteiger partial charge in [-0.1, -0.05) is 5.21 Å². The Bertz CT molecular complexity index is 1050. The molecule has 0 bridgehead atoms. The summed E-state index contributed by atoms with van der Waals surface area (Å²) >= 11 is 0. The van der Waals surface area contributed by atoms with Crippen molar-refractivity contribution in [1.82, 2.24) is 24.8 Å². The highest BCUT2D eigenvalue weighted by Crippen LogP contribution is 2.27. The Kier molecular flexibility index (Phi) is 4.16. The summed E-state index contributed by atoms with van der Waals surface area (Å²) in [5, 5.41) is 12.3. The van der Waals surface area contributed by atoms with Gasteiger partial charge in [0.05, 0.1) is 34.0 Å². The van der Waals surface area contributed by atoms with Crippen molar-refractivity contribution in [2.75, 3.05) is 17.9 Å². The van der Waals surface area contributed by atoms with E-state index in [0.29, 0.717) is 24.4 Å². The SMILES string of the molecule is Cc1c(NS(=O)(=O)c2ccc3c(c2)nnn3C)cnn1C1CCOCC1. The van der Waals surface area contributed by atoms with E-state index in [1.807, 2.05) is 11.6 Å². The van der Waals surface area contributed by atoms with Crippen LogP contribution in [0.1, 0.15) is 24.6 Å². The molecule has 1 aromatic carbocycles. The number of benzene rings is 1. The minimum atomic E-state index is -3.74. The Morgan fingerprint density at radius 1 is 1.27 bits per heavy atom. The van der Waals surface area contributed by atoms with E-state index in [-0.39, 0.29) is 10.9 Å². The topological polar surface area (TPSA) is 104 Å². The molecule has 10 heteroatoms. The van der Waals surface area contributed by atoms with E-state index in [0.717, 1.165) is 24.1 Å². The molecule has 0 saturated carbocycles. The minimum Gasteiger partial charge on any atom is -0.381 e. The summed E-state index contributed by atoms with van der Waals surface area (Å²) in [6.07, 6.45) is 3.30. The number of aryl methyl sites for hydroxylation is 1. The maximum Gasteiger partial charge on any atom is 0.262 e. The fourth-order valence-corrected chi connectivity index (χ4v) is 4.33. The van der Waals surface area contributed by atoms with Crippen LogP contribution in [-0.4, -0.2) is 46.4 Å². The highest BCUT2D eigenvalue weighted by Gasteiger charge is 2.22. The molecule has 26 heavy (non-hydrogen) atoms. The molecule has 1 fully saturated rings. The molecule has 138 valence electrons. The van der Waals surface area contributed by atoms with Gasteiger partial charge < -0.3 is 4.74 Å². The van der Waals surface area contributed by atoms with Crippen LogP contribution in [0.3, 0.4) is 0 Å². The van der Waals surface area contributed by atoms with Crippen LogP contribution < -0.4 is 4.72 Å². The molecule has 4 rings (SSSR count). The Hall–Kier alpha value is -2.46. The van der Waals surface area contributed by atoms with Crippen molar-refractivity contribution in [1.29, 1.82) is 0 Å². The number of rotatable bonds is 4. The summed E-state index contributed by atoms with van der Waals surface area (Å²) < 4.78 is 37.0. The van der Waals surface area contributed by atoms with E-state index in [1.165, 1.54) is 6.07 Å². The molecule has 1 N–H and O–H groups in total. The second-order valence-corrected chi connectivity index (χ2v) is 8.08. The molecule has 1 aliphatic heterocycles. The molecular weight excluding hydrogens is 356 g/mol. The smallest absolute Gasteiger partial charge is 0.262 e. The average molecular weight is 376 g/mol. The third-order valence-corrected chi connectivity index (χ3v) is 6.08. The molecular formula is C16H20N6O3S. The Balaban J connectivity index is 1.61. The van der Waals surface area contributed by atoms with Gasteiger partial charge in [0, 0.05) is 20.3 Å². The molecule has 1 aliphatic rings. The van der Waals surface area contributed by atoms with Crippen molar-refractivity contribution in [3.8, 4) is 0 Å². The summed E-state index contributed by atoms with van der Waals surface area (Å²) in [6.45, 7) is 3.26. The Morgan fingerprint density at radius 3 is 2.81 bits per heavy atom. The minimum absolute atomic E-state index is 0.142. The van der Waals surface area contributed by atoms with Crippen molar-refractivity contribution in [3.63, 3.8) is 0 Å². The number of aromatic nitrogens is 5. The number of anilines is 1. The zero-order valence-corrected chi connectivity index (χ0v) is 15.4. The van der Waals surface area contributed by atoms with Crippen molar-refractivity contribution >= 4 is 26.7 Å². The summed E-state index contributed by atoms with van der Waals surface area (Å²) in [5.41, 5.74) is 2.58. The van der Waals surface area contributed by atoms with Crippen LogP contribution in [0, 0.1) is 6.92 Å². The largest absolute Gasteiger partial charge is 0.381 e. The Morgan fingerprint density at radius 2 is 2.04 bits per heavy atom. The molecule has 0 radical (unpaired) electrons. The van der Waals surface area contributed by atoms with Gasteiger partial charge in [-0.15, -0.1) is 5.10 Å². The van der Waals surface area contributed by atoms with Crippen molar-refractivity contribution in [2.45, 2.75) is 30.7 Å². The maximum atomic E-state index is 12.8. The summed E-state index contributed by atoms with van der Waals surface area (Å²) in [6, 6.07) is 5.00. The van der Waals surface area contributed by atoms with Crippen LogP contribution in [0.4, 0.5) is 5.69 Å². The lowest BCUT2D eigenvalue weighted by molar-refractivity contribution is 0.0657. The molecule has 0 spiro atoms. The van der Waals surface area contributed by atoms with Gasteiger partial charge in [-0.25, -0.2) is 13.1 Å². The molecule has 1 saturated heterocycles. The first-order chi connectivity index (χ1) is 12.5. The lowest BCUT2D eigenvalue weighted by Gasteiger charge is -2.23. The number of nitrogens with zero attached hydrogens (tertiary/aromatic N) is 5. The molecule has 3 heterocycles. The third-order valence-electron chi connectivity index (χ3n) is 4.72. The number of hydrogen-bond acceptors (Lipinski definition) is 6. The van der Waals surface area contributed by atoms with E-state index in [9.17, 15) is 8.42 Å². The van der Waals surface area contributed by atoms with E-state index < -0.39 is 10.0 Å². The van der Waals surface area contributed by atoms with Crippen molar-refractivity contribution in [2.24, 2.45) is 7.05 Å². The lowest BCUT2D eigenvalue weighted by atomic mass is 10.1. The molecule has 3 aromatic rings. The Labute approximate surface area is 151 Å². The molecule has 9 nitrogen and oxygen atoms in total. The number of ether oxygens (including phenoxy) is 1. The molecule has 0 aliphatic carbocycles. The first kappa shape index (κ1) is 17.0. The predicted molar refractivity (Wildman–Crippen MR) is 95.4 cm³/mol. The van der Waals surface area contributed by atoms with Gasteiger partial charge >= 0.3 is 0 Å². The van der Waals surface area contributed by atoms with Crippen LogP contribution >= 0.6 is 0 Å². The van der Waals surface area contributed by atoms with Crippen molar-refractivity contribution in [3.05, 3.63) is 30.1 Å². The van der Waals surface area contributed by atoms with Gasteiger partial charge in [-0.05, 0) is 38.0 Å². The number of fused-ring (bicyclic) bond motifs is 1. The van der Waals surface area contributed by atoms with E-state index in [2.05, 4.69) is 20.1 Å². The van der Waals surface area contributed by atoms with Crippen LogP contribution in [0.15, 0.2) is 29.3 Å². The van der Waals surface area contributed by atoms with Gasteiger partial charge in [0.25, 0.3) is 10.0 Å². The van der Waals surface area contributed by atoms with Gasteiger partial charge in [-0.2, -0.15) is 5.10 Å². The summed E-state index contributed by atoms with van der Waals surface area (Å²) in [5.74, 6) is 0. The van der Waals surface area contributed by atoms with Crippen LogP contribution in [0.5, 0.6) is 0 Å². The van der Waals surface area contributed by atoms with Gasteiger partial charge in [-0.3, -0.25) is 9.40 Å². The zero-order valence-electron chi connectivity index (χ0n) is 14.6. The maximum absolute atomic E-state index is 12.8. The zero-order chi connectivity index (χ0) is 18.3. The van der Waals surface area contributed by atoms with Crippen LogP contribution in [0.2, 0.25) is 0 Å². The standard InChI is InChI=1S/C16H20N6O3S/c1-11-15(10-17-22(11)12-5-7-25-8-6-12)19-26(23,24)13-3-4-16-14(9-13)18-20-21(16)2/h3-4,9-10,12,19H,5-8H2,1-2H3. The van der Waals surface area contributed by atoms with E-state index in [1.54, 1.807) is 30.1 Å². The molecule has 0 amide bonds. The highest BCUT2D eigenvalue weighted by molar-refractivity contribution is 7.92. The normalized spacial score (nSPS) is 16.2. The fourth-order valence-electron chi connectivity index (χ4n) is 3.21. The highest BCUT2D eigenvalue weighted by atomic mass is 32.2. The van der Waals surface area contributed by atoms with Crippen LogP contribution in [0.25, 0.3) is 11.0 Å². The second kappa shape index (κ2) is 6.36. The summed E-state index contributed by atoms with van der Waals surface area (Å²) in [4.78, 5) is 0.142. The van der Waals surface area contributed by atoms with Crippen molar-refractivity contribution < 1.29 is 13.2 Å². The summed E-state index contributed by atoms with van der Waals surface area (Å²) in [7, 11) is -1.98. The monoisotopic (exact) mass is 376 g/mol. The fraction of sp³-hybridized carbons (Fsp3) is 0.438. The van der Waals surface area contributed by atoms with Gasteiger partial charge in [0.2, 0.25) is 0 Å². The first-order valence-corrected chi connectivity index (χ1v) is 9.88. The second-order valence-electron chi connectivity index (χ2n) is 6.40. The molecule has 2 aromatic heterocycles. The average Bonchev–Trinajstić information content (AvgIpc) is 3.19. The van der Waals surface area contributed by atoms with Crippen LogP contribution in [-0.2, 0) is 21.8 Å². The van der Waals surface area contributed by atoms with Gasteiger partial charge in [0.15, 0.2) is 0 Å². The van der Waals surface area contributed by atoms with E-state index in [4.69, 9.17) is 4.74 Å². The van der Waals surface area contributed by atoms with Gasteiger partial charge in [0.1, 0.15) is 5.52 Å². The molecule has 0 atom stereocenters. The van der Waals surface area contributed by atoms with E-state index >= 15 is 0 Å². The number of hydrogen-bond donors (Lipinski definition) is 1. The number of nitrogens with one attached hydrogen (secondary N) is 1. The number of sulfonamides is 1. The quantitative estimate of drug-likeness (QED) is 0.742. The first-order valence-electron chi connectivity index (χ1n) is 8.40. The lowest BCUT2D eigenvalue weighted by Crippen LogP contribution is -2.21.